The second-order valence-electron chi connectivity index (χ2n) is 5.98. The molecule has 1 aliphatic rings. The van der Waals surface area contributed by atoms with Gasteiger partial charge < -0.3 is 4.74 Å². The van der Waals surface area contributed by atoms with Gasteiger partial charge in [-0.15, -0.1) is 0 Å². The first-order chi connectivity index (χ1) is 8.73. The van der Waals surface area contributed by atoms with Gasteiger partial charge in [0.1, 0.15) is 16.8 Å². The van der Waals surface area contributed by atoms with Gasteiger partial charge in [0.2, 0.25) is 0 Å². The third-order valence-electron chi connectivity index (χ3n) is 3.18. The quantitative estimate of drug-likeness (QED) is 0.781. The number of rotatable bonds is 2. The van der Waals surface area contributed by atoms with Crippen LogP contribution in [0, 0.1) is 0 Å². The molecule has 0 unspecified atom stereocenters. The zero-order chi connectivity index (χ0) is 14.3. The summed E-state index contributed by atoms with van der Waals surface area (Å²) in [5.41, 5.74) is -0.588. The van der Waals surface area contributed by atoms with Crippen LogP contribution in [0.1, 0.15) is 39.2 Å². The minimum absolute atomic E-state index is 0.0841. The molecule has 1 aliphatic carbocycles. The summed E-state index contributed by atoms with van der Waals surface area (Å²) < 4.78 is 5.45. The molecule has 0 aliphatic heterocycles. The van der Waals surface area contributed by atoms with Crippen molar-refractivity contribution in [1.29, 1.82) is 0 Å². The van der Waals surface area contributed by atoms with Crippen molar-refractivity contribution >= 4 is 23.4 Å². The summed E-state index contributed by atoms with van der Waals surface area (Å²) in [5, 5.41) is 0.605. The summed E-state index contributed by atoms with van der Waals surface area (Å²) in [7, 11) is 0. The molecule has 0 radical (unpaired) electrons. The van der Waals surface area contributed by atoms with Crippen molar-refractivity contribution < 1.29 is 14.3 Å². The third-order valence-corrected chi connectivity index (χ3v) is 3.44. The standard InChI is InChI=1S/C15H17ClO3/c1-14(2,3)19-13(18)15(8-12(17)9-15)10-4-6-11(16)7-5-10/h4-7H,8-9H2,1-3H3. The van der Waals surface area contributed by atoms with Crippen molar-refractivity contribution in [2.24, 2.45) is 0 Å². The number of benzene rings is 1. The molecule has 0 amide bonds. The number of ketones is 1. The van der Waals surface area contributed by atoms with Crippen molar-refractivity contribution in [3.63, 3.8) is 0 Å². The number of hydrogen-bond acceptors (Lipinski definition) is 3. The summed E-state index contributed by atoms with van der Waals surface area (Å²) in [6.45, 7) is 5.46. The monoisotopic (exact) mass is 280 g/mol. The number of halogens is 1. The predicted molar refractivity (Wildman–Crippen MR) is 73.2 cm³/mol. The number of Topliss-reactive ketones (excluding diaryl/α,β-unsaturated/α-hetero) is 1. The number of hydrogen-bond donors (Lipinski definition) is 0. The first-order valence-corrected chi connectivity index (χ1v) is 6.62. The lowest BCUT2D eigenvalue weighted by Crippen LogP contribution is -2.51. The molecule has 0 spiro atoms. The van der Waals surface area contributed by atoms with E-state index >= 15 is 0 Å². The van der Waals surface area contributed by atoms with Crippen molar-refractivity contribution in [2.45, 2.75) is 44.6 Å². The molecule has 0 atom stereocenters. The third kappa shape index (κ3) is 2.81. The van der Waals surface area contributed by atoms with Crippen LogP contribution in [0.5, 0.6) is 0 Å². The van der Waals surface area contributed by atoms with Gasteiger partial charge in [-0.1, -0.05) is 23.7 Å². The Morgan fingerprint density at radius 1 is 1.21 bits per heavy atom. The Labute approximate surface area is 117 Å². The maximum Gasteiger partial charge on any atom is 0.317 e. The smallest absolute Gasteiger partial charge is 0.317 e. The zero-order valence-electron chi connectivity index (χ0n) is 11.3. The fourth-order valence-electron chi connectivity index (χ4n) is 2.23. The van der Waals surface area contributed by atoms with Gasteiger partial charge >= 0.3 is 5.97 Å². The maximum atomic E-state index is 12.4. The van der Waals surface area contributed by atoms with E-state index in [-0.39, 0.29) is 24.6 Å². The Kier molecular flexibility index (Phi) is 3.43. The molecule has 0 N–H and O–H groups in total. The van der Waals surface area contributed by atoms with Gasteiger partial charge in [-0.05, 0) is 38.5 Å². The lowest BCUT2D eigenvalue weighted by molar-refractivity contribution is -0.169. The number of carbonyl (C=O) groups is 2. The lowest BCUT2D eigenvalue weighted by atomic mass is 9.63. The number of carbonyl (C=O) groups excluding carboxylic acids is 2. The molecule has 1 fully saturated rings. The van der Waals surface area contributed by atoms with Gasteiger partial charge in [-0.2, -0.15) is 0 Å². The van der Waals surface area contributed by atoms with Crippen LogP contribution in [0.25, 0.3) is 0 Å². The van der Waals surface area contributed by atoms with Crippen molar-refractivity contribution in [2.75, 3.05) is 0 Å². The largest absolute Gasteiger partial charge is 0.459 e. The first kappa shape index (κ1) is 14.1. The highest BCUT2D eigenvalue weighted by Gasteiger charge is 2.53. The highest BCUT2D eigenvalue weighted by atomic mass is 35.5. The topological polar surface area (TPSA) is 43.4 Å². The van der Waals surface area contributed by atoms with Gasteiger partial charge in [0, 0.05) is 17.9 Å². The van der Waals surface area contributed by atoms with Crippen LogP contribution < -0.4 is 0 Å². The molecule has 0 aromatic heterocycles. The van der Waals surface area contributed by atoms with Crippen LogP contribution in [0.15, 0.2) is 24.3 Å². The van der Waals surface area contributed by atoms with E-state index in [2.05, 4.69) is 0 Å². The van der Waals surface area contributed by atoms with E-state index in [9.17, 15) is 9.59 Å². The first-order valence-electron chi connectivity index (χ1n) is 6.24. The van der Waals surface area contributed by atoms with Crippen molar-refractivity contribution in [3.05, 3.63) is 34.9 Å². The van der Waals surface area contributed by atoms with E-state index in [0.717, 1.165) is 5.56 Å². The normalized spacial score (nSPS) is 17.8. The number of ether oxygens (including phenoxy) is 1. The fraction of sp³-hybridized carbons (Fsp3) is 0.467. The average Bonchev–Trinajstić information content (AvgIpc) is 2.23. The van der Waals surface area contributed by atoms with Gasteiger partial charge in [0.05, 0.1) is 0 Å². The van der Waals surface area contributed by atoms with Crippen LogP contribution in [0.4, 0.5) is 0 Å². The van der Waals surface area contributed by atoms with Crippen LogP contribution in [0.2, 0.25) is 5.02 Å². The second-order valence-corrected chi connectivity index (χ2v) is 6.42. The fourth-order valence-corrected chi connectivity index (χ4v) is 2.36. The summed E-state index contributed by atoms with van der Waals surface area (Å²) in [6.07, 6.45) is 0.424. The summed E-state index contributed by atoms with van der Waals surface area (Å²) >= 11 is 5.85. The minimum Gasteiger partial charge on any atom is -0.459 e. The van der Waals surface area contributed by atoms with Crippen LogP contribution in [0.3, 0.4) is 0 Å². The molecule has 0 heterocycles. The van der Waals surface area contributed by atoms with Crippen molar-refractivity contribution in [3.8, 4) is 0 Å². The molecule has 102 valence electrons. The van der Waals surface area contributed by atoms with E-state index in [1.54, 1.807) is 24.3 Å². The van der Waals surface area contributed by atoms with E-state index in [1.807, 2.05) is 20.8 Å². The Bertz CT molecular complexity index is 503. The zero-order valence-corrected chi connectivity index (χ0v) is 12.1. The van der Waals surface area contributed by atoms with Crippen LogP contribution in [-0.2, 0) is 19.7 Å². The van der Waals surface area contributed by atoms with Crippen LogP contribution in [-0.4, -0.2) is 17.4 Å². The highest BCUT2D eigenvalue weighted by Crippen LogP contribution is 2.43. The van der Waals surface area contributed by atoms with Gasteiger partial charge in [0.15, 0.2) is 0 Å². The second kappa shape index (κ2) is 4.64. The molecule has 2 rings (SSSR count). The summed E-state index contributed by atoms with van der Waals surface area (Å²) in [5.74, 6) is -0.247. The Morgan fingerprint density at radius 2 is 1.74 bits per heavy atom. The predicted octanol–water partition coefficient (Wildman–Crippen LogP) is 3.28. The molecule has 19 heavy (non-hydrogen) atoms. The molecule has 0 bridgehead atoms. The minimum atomic E-state index is -0.824. The molecule has 0 saturated heterocycles. The molecular formula is C15H17ClO3. The van der Waals surface area contributed by atoms with E-state index < -0.39 is 11.0 Å². The maximum absolute atomic E-state index is 12.4. The Morgan fingerprint density at radius 3 is 2.16 bits per heavy atom. The highest BCUT2D eigenvalue weighted by molar-refractivity contribution is 6.30. The van der Waals surface area contributed by atoms with E-state index in [0.29, 0.717) is 5.02 Å². The molecule has 3 nitrogen and oxygen atoms in total. The van der Waals surface area contributed by atoms with Crippen LogP contribution >= 0.6 is 11.6 Å². The van der Waals surface area contributed by atoms with Crippen molar-refractivity contribution in [1.82, 2.24) is 0 Å². The van der Waals surface area contributed by atoms with Gasteiger partial charge in [0.25, 0.3) is 0 Å². The average molecular weight is 281 g/mol. The van der Waals surface area contributed by atoms with E-state index in [4.69, 9.17) is 16.3 Å². The number of esters is 1. The molecular weight excluding hydrogens is 264 g/mol. The van der Waals surface area contributed by atoms with Gasteiger partial charge in [-0.25, -0.2) is 0 Å². The Hall–Kier alpha value is -1.35. The summed E-state index contributed by atoms with van der Waals surface area (Å²) in [4.78, 5) is 23.8. The van der Waals surface area contributed by atoms with Gasteiger partial charge in [-0.3, -0.25) is 9.59 Å². The molecule has 4 heteroatoms. The SMILES string of the molecule is CC(C)(C)OC(=O)C1(c2ccc(Cl)cc2)CC(=O)C1. The molecule has 1 aromatic carbocycles. The van der Waals surface area contributed by atoms with E-state index in [1.165, 1.54) is 0 Å². The Balaban J connectivity index is 2.31. The molecule has 1 aromatic rings. The summed E-state index contributed by atoms with van der Waals surface area (Å²) in [6, 6.07) is 7.04. The molecule has 1 saturated carbocycles. The lowest BCUT2D eigenvalue weighted by Gasteiger charge is -2.40.